The van der Waals surface area contributed by atoms with Crippen LogP contribution >= 0.6 is 7.82 Å². The van der Waals surface area contributed by atoms with E-state index in [0.717, 1.165) is 57.8 Å². The van der Waals surface area contributed by atoms with Crippen molar-refractivity contribution < 1.29 is 42.3 Å². The fourth-order valence-electron chi connectivity index (χ4n) is 5.17. The van der Waals surface area contributed by atoms with E-state index >= 15 is 0 Å². The molecule has 0 aromatic heterocycles. The Bertz CT molecular complexity index is 1300. The Morgan fingerprint density at radius 2 is 1.12 bits per heavy atom. The van der Waals surface area contributed by atoms with Gasteiger partial charge in [-0.15, -0.1) is 0 Å². The van der Waals surface area contributed by atoms with Crippen molar-refractivity contribution in [1.29, 1.82) is 0 Å². The van der Waals surface area contributed by atoms with E-state index in [-0.39, 0.29) is 32.6 Å². The molecule has 0 bridgehead atoms. The van der Waals surface area contributed by atoms with Gasteiger partial charge in [-0.2, -0.15) is 0 Å². The number of nitrogens with two attached hydrogens (primary N) is 1. The molecule has 0 saturated carbocycles. The maximum Gasteiger partial charge on any atom is 0.472 e. The van der Waals surface area contributed by atoms with Crippen LogP contribution in [-0.2, 0) is 37.4 Å². The van der Waals surface area contributed by atoms with Gasteiger partial charge in [0.1, 0.15) is 6.61 Å². The van der Waals surface area contributed by atoms with Gasteiger partial charge in [0.05, 0.1) is 25.4 Å². The van der Waals surface area contributed by atoms with Gasteiger partial charge in [-0.05, 0) is 89.9 Å². The average Bonchev–Trinajstić information content (AvgIpc) is 3.94. The molecule has 1 fully saturated rings. The predicted octanol–water partition coefficient (Wildman–Crippen LogP) is 10.8. The summed E-state index contributed by atoms with van der Waals surface area (Å²) in [6.07, 6.45) is 49.1. The number of rotatable bonds is 36. The van der Waals surface area contributed by atoms with Gasteiger partial charge < -0.3 is 24.8 Å². The van der Waals surface area contributed by atoms with Gasteiger partial charge >= 0.3 is 19.8 Å². The molecule has 11 heteroatoms. The molecule has 0 amide bonds. The minimum Gasteiger partial charge on any atom is -0.462 e. The van der Waals surface area contributed by atoms with Crippen molar-refractivity contribution in [2.75, 3.05) is 26.4 Å². The summed E-state index contributed by atoms with van der Waals surface area (Å²) in [5.74, 6) is -0.981. The Hall–Kier alpha value is -3.11. The Labute approximate surface area is 338 Å². The minimum atomic E-state index is -4.41. The van der Waals surface area contributed by atoms with Crippen LogP contribution in [0.1, 0.15) is 129 Å². The van der Waals surface area contributed by atoms with Crippen molar-refractivity contribution in [1.82, 2.24) is 0 Å². The summed E-state index contributed by atoms with van der Waals surface area (Å²) in [5.41, 5.74) is 5.34. The quantitative estimate of drug-likeness (QED) is 0.0206. The molecule has 1 heterocycles. The van der Waals surface area contributed by atoms with E-state index in [1.165, 1.54) is 19.3 Å². The van der Waals surface area contributed by atoms with Gasteiger partial charge in [0, 0.05) is 19.4 Å². The first-order valence-corrected chi connectivity index (χ1v) is 22.3. The van der Waals surface area contributed by atoms with Crippen LogP contribution in [0, 0.1) is 0 Å². The standard InChI is InChI=1S/C45H72NO9P/c1-3-5-7-9-11-12-13-14-15-16-17-18-19-20-23-27-31-35-44(47)51-39-41(40-53-56(49,50)52-38-37-46)54-45(48)36-32-28-24-21-22-26-30-34-43-42(55-43)33-29-25-10-8-6-4-2/h5,7,11-12,14-15,17-18,20-21,23-26,29-30,41-43H,3-4,6,8-10,13,16,19,22,27-28,31-40,46H2,1-2H3,(H,49,50)/b7-5-,12-11-,15-14-,18-17-,23-20-,24-21-,29-25-,30-26-/t41-,42?,43?/m1/s1. The molecular formula is C45H72NO9P. The zero-order valence-electron chi connectivity index (χ0n) is 34.3. The van der Waals surface area contributed by atoms with Crippen LogP contribution in [0.5, 0.6) is 0 Å². The number of epoxide rings is 1. The molecule has 4 atom stereocenters. The summed E-state index contributed by atoms with van der Waals surface area (Å²) in [6, 6.07) is 0. The zero-order chi connectivity index (χ0) is 40.8. The van der Waals surface area contributed by atoms with Crippen LogP contribution in [0.2, 0.25) is 0 Å². The van der Waals surface area contributed by atoms with Crippen LogP contribution in [0.25, 0.3) is 0 Å². The number of esters is 2. The fourth-order valence-corrected chi connectivity index (χ4v) is 5.94. The number of carbonyl (C=O) groups excluding carboxylic acids is 2. The van der Waals surface area contributed by atoms with E-state index in [9.17, 15) is 19.0 Å². The van der Waals surface area contributed by atoms with Crippen LogP contribution < -0.4 is 5.73 Å². The number of hydrogen-bond donors (Lipinski definition) is 2. The first-order chi connectivity index (χ1) is 27.3. The highest BCUT2D eigenvalue weighted by Gasteiger charge is 2.36. The van der Waals surface area contributed by atoms with Crippen molar-refractivity contribution in [3.63, 3.8) is 0 Å². The van der Waals surface area contributed by atoms with E-state index < -0.39 is 32.5 Å². The highest BCUT2D eigenvalue weighted by atomic mass is 31.2. The molecule has 3 N–H and O–H groups in total. The van der Waals surface area contributed by atoms with E-state index in [1.807, 2.05) is 12.2 Å². The second-order valence-electron chi connectivity index (χ2n) is 13.5. The summed E-state index contributed by atoms with van der Waals surface area (Å²) in [4.78, 5) is 34.8. The van der Waals surface area contributed by atoms with Gasteiger partial charge in [0.15, 0.2) is 6.10 Å². The van der Waals surface area contributed by atoms with E-state index in [1.54, 1.807) is 0 Å². The Morgan fingerprint density at radius 3 is 1.68 bits per heavy atom. The van der Waals surface area contributed by atoms with E-state index in [0.29, 0.717) is 37.9 Å². The summed E-state index contributed by atoms with van der Waals surface area (Å²) in [7, 11) is -4.41. The maximum atomic E-state index is 12.6. The molecular weight excluding hydrogens is 729 g/mol. The topological polar surface area (TPSA) is 147 Å². The Balaban J connectivity index is 2.29. The molecule has 10 nitrogen and oxygen atoms in total. The van der Waals surface area contributed by atoms with Crippen LogP contribution in [0.4, 0.5) is 0 Å². The van der Waals surface area contributed by atoms with Gasteiger partial charge in [-0.3, -0.25) is 18.6 Å². The van der Waals surface area contributed by atoms with Crippen molar-refractivity contribution in [3.05, 3.63) is 97.2 Å². The summed E-state index contributed by atoms with van der Waals surface area (Å²) in [5, 5.41) is 0. The van der Waals surface area contributed by atoms with Gasteiger partial charge in [-0.1, -0.05) is 124 Å². The fraction of sp³-hybridized carbons (Fsp3) is 0.600. The predicted molar refractivity (Wildman–Crippen MR) is 228 cm³/mol. The van der Waals surface area contributed by atoms with Crippen molar-refractivity contribution >= 4 is 19.8 Å². The number of unbranched alkanes of at least 4 members (excludes halogenated alkanes) is 5. The molecule has 1 aliphatic rings. The number of phosphoric acid groups is 1. The lowest BCUT2D eigenvalue weighted by atomic mass is 10.1. The summed E-state index contributed by atoms with van der Waals surface area (Å²) < 4.78 is 38.4. The highest BCUT2D eigenvalue weighted by molar-refractivity contribution is 7.47. The van der Waals surface area contributed by atoms with Gasteiger partial charge in [0.2, 0.25) is 0 Å². The largest absolute Gasteiger partial charge is 0.472 e. The number of ether oxygens (including phenoxy) is 3. The molecule has 316 valence electrons. The lowest BCUT2D eigenvalue weighted by Crippen LogP contribution is -2.29. The first-order valence-electron chi connectivity index (χ1n) is 20.8. The van der Waals surface area contributed by atoms with Crippen molar-refractivity contribution in [2.45, 2.75) is 148 Å². The van der Waals surface area contributed by atoms with E-state index in [4.69, 9.17) is 29.0 Å². The smallest absolute Gasteiger partial charge is 0.462 e. The van der Waals surface area contributed by atoms with Gasteiger partial charge in [-0.25, -0.2) is 4.57 Å². The molecule has 0 aromatic carbocycles. The molecule has 1 saturated heterocycles. The van der Waals surface area contributed by atoms with E-state index in [2.05, 4.69) is 98.9 Å². The minimum absolute atomic E-state index is 0.0293. The third-order valence-electron chi connectivity index (χ3n) is 8.36. The lowest BCUT2D eigenvalue weighted by Gasteiger charge is -2.19. The molecule has 0 radical (unpaired) electrons. The molecule has 0 aromatic rings. The maximum absolute atomic E-state index is 12.6. The zero-order valence-corrected chi connectivity index (χ0v) is 35.2. The molecule has 0 spiro atoms. The third kappa shape index (κ3) is 33.1. The van der Waals surface area contributed by atoms with Crippen molar-refractivity contribution in [3.8, 4) is 0 Å². The summed E-state index contributed by atoms with van der Waals surface area (Å²) >= 11 is 0. The first kappa shape index (κ1) is 50.9. The monoisotopic (exact) mass is 801 g/mol. The number of allylic oxidation sites excluding steroid dienone is 14. The summed E-state index contributed by atoms with van der Waals surface area (Å²) in [6.45, 7) is 3.41. The second-order valence-corrected chi connectivity index (χ2v) is 15.0. The highest BCUT2D eigenvalue weighted by Crippen LogP contribution is 2.43. The van der Waals surface area contributed by atoms with Gasteiger partial charge in [0.25, 0.3) is 0 Å². The SMILES string of the molecule is CC/C=C\C/C=C\C/C=C\C/C=C\C/C=C\CCCC(=O)OC[C@H](COP(=O)(O)OCCN)OC(=O)CCC/C=C\C/C=C\CC1OC1C/C=C\CCCCC. The second kappa shape index (κ2) is 36.2. The van der Waals surface area contributed by atoms with Crippen LogP contribution in [-0.4, -0.2) is 61.5 Å². The Morgan fingerprint density at radius 1 is 0.643 bits per heavy atom. The molecule has 56 heavy (non-hydrogen) atoms. The molecule has 0 aliphatic carbocycles. The Kier molecular flexibility index (Phi) is 33.0. The number of carbonyl (C=O) groups is 2. The van der Waals surface area contributed by atoms with Crippen LogP contribution in [0.3, 0.4) is 0 Å². The number of hydrogen-bond acceptors (Lipinski definition) is 9. The normalized spacial score (nSPS) is 17.9. The van der Waals surface area contributed by atoms with Crippen molar-refractivity contribution in [2.24, 2.45) is 5.73 Å². The molecule has 3 unspecified atom stereocenters. The number of phosphoric ester groups is 1. The molecule has 1 rings (SSSR count). The lowest BCUT2D eigenvalue weighted by molar-refractivity contribution is -0.161. The van der Waals surface area contributed by atoms with Crippen LogP contribution in [0.15, 0.2) is 97.2 Å². The third-order valence-corrected chi connectivity index (χ3v) is 9.34. The molecule has 1 aliphatic heterocycles. The average molecular weight is 802 g/mol.